The molecule has 15 heteroatoms. The van der Waals surface area contributed by atoms with Gasteiger partial charge in [-0.3, -0.25) is 24.6 Å². The summed E-state index contributed by atoms with van der Waals surface area (Å²) in [5, 5.41) is 5.63. The van der Waals surface area contributed by atoms with Crippen LogP contribution in [0.2, 0.25) is 10.0 Å². The number of nitrogens with zero attached hydrogens (tertiary/aromatic N) is 9. The van der Waals surface area contributed by atoms with Crippen LogP contribution in [-0.4, -0.2) is 149 Å². The van der Waals surface area contributed by atoms with Gasteiger partial charge in [-0.05, 0) is 103 Å². The number of likely N-dealkylation sites (tertiary alicyclic amines) is 2. The van der Waals surface area contributed by atoms with Crippen molar-refractivity contribution in [1.29, 1.82) is 0 Å². The lowest BCUT2D eigenvalue weighted by Crippen LogP contribution is -2.54. The standard InChI is InChI=1S/C24H30ClN5O2.C23H27ClN4O2.2CH4/c1-32-27-23(20-2-4-22(25)5-3-20)21-8-12-29(13-9-21)24(31)30-16-14-28(15-17-30)18-19-6-10-26-11-7-19;24-21-3-1-19(2-4-21)22(29)20-7-11-27(12-8-20)23(30)28-15-13-26(14-16-28)17-18-5-9-25-10-6-18;;/h2-7,10-11,21H,8-9,12-18H2,1H3;1-6,9-10,20H,7-8,11-17H2;2*1H4. The molecule has 4 amide bonds. The predicted molar refractivity (Wildman–Crippen MR) is 256 cm³/mol. The molecule has 0 spiro atoms. The first kappa shape index (κ1) is 49.9. The summed E-state index contributed by atoms with van der Waals surface area (Å²) in [6, 6.07) is 23.2. The third kappa shape index (κ3) is 13.7. The van der Waals surface area contributed by atoms with Crippen molar-refractivity contribution in [1.82, 2.24) is 39.4 Å². The van der Waals surface area contributed by atoms with Crippen molar-refractivity contribution in [3.63, 3.8) is 0 Å². The number of aromatic nitrogens is 2. The quantitative estimate of drug-likeness (QED) is 0.0932. The number of oxime groups is 1. The maximum atomic E-state index is 13.1. The molecule has 0 saturated carbocycles. The van der Waals surface area contributed by atoms with Gasteiger partial charge in [0, 0.05) is 144 Å². The Bertz CT molecular complexity index is 2070. The Labute approximate surface area is 390 Å². The highest BCUT2D eigenvalue weighted by atomic mass is 35.5. The average molecular weight is 915 g/mol. The van der Waals surface area contributed by atoms with E-state index in [0.717, 1.165) is 115 Å². The van der Waals surface area contributed by atoms with Crippen LogP contribution in [0.4, 0.5) is 9.59 Å². The van der Waals surface area contributed by atoms with E-state index in [1.54, 1.807) is 31.4 Å². The Morgan fingerprint density at radius 1 is 0.531 bits per heavy atom. The fourth-order valence-corrected chi connectivity index (χ4v) is 8.95. The lowest BCUT2D eigenvalue weighted by Gasteiger charge is -2.39. The largest absolute Gasteiger partial charge is 0.399 e. The van der Waals surface area contributed by atoms with Gasteiger partial charge in [-0.2, -0.15) is 0 Å². The fraction of sp³-hybridized carbons (Fsp3) is 0.469. The highest BCUT2D eigenvalue weighted by Crippen LogP contribution is 2.26. The molecule has 4 aliphatic heterocycles. The van der Waals surface area contributed by atoms with Crippen molar-refractivity contribution in [3.8, 4) is 0 Å². The van der Waals surface area contributed by atoms with Gasteiger partial charge in [0.2, 0.25) is 0 Å². The summed E-state index contributed by atoms with van der Waals surface area (Å²) in [6.45, 7) is 11.1. The van der Waals surface area contributed by atoms with Crippen molar-refractivity contribution in [2.75, 3.05) is 85.6 Å². The smallest absolute Gasteiger partial charge is 0.320 e. The second-order valence-electron chi connectivity index (χ2n) is 16.4. The number of ketones is 1. The number of amides is 4. The third-order valence-corrected chi connectivity index (χ3v) is 12.8. The number of Topliss-reactive ketones (excluding diaryl/α,β-unsaturated/α-hetero) is 1. The second-order valence-corrected chi connectivity index (χ2v) is 17.2. The van der Waals surface area contributed by atoms with Crippen LogP contribution in [-0.2, 0) is 17.9 Å². The number of urea groups is 2. The van der Waals surface area contributed by atoms with E-state index in [-0.39, 0.29) is 44.5 Å². The molecule has 4 aromatic rings. The lowest BCUT2D eigenvalue weighted by atomic mass is 9.88. The number of rotatable bonds is 9. The molecule has 344 valence electrons. The van der Waals surface area contributed by atoms with E-state index < -0.39 is 0 Å². The summed E-state index contributed by atoms with van der Waals surface area (Å²) in [6.07, 6.45) is 10.5. The molecular formula is C49H65Cl2N9O4. The van der Waals surface area contributed by atoms with Crippen LogP contribution in [0.3, 0.4) is 0 Å². The number of pyridine rings is 2. The van der Waals surface area contributed by atoms with Crippen LogP contribution in [0, 0.1) is 11.8 Å². The highest BCUT2D eigenvalue weighted by Gasteiger charge is 2.33. The summed E-state index contributed by atoms with van der Waals surface area (Å²) >= 11 is 11.9. The molecule has 0 N–H and O–H groups in total. The van der Waals surface area contributed by atoms with E-state index in [9.17, 15) is 14.4 Å². The Morgan fingerprint density at radius 2 is 0.891 bits per heavy atom. The number of hydrogen-bond donors (Lipinski definition) is 0. The molecule has 2 aromatic carbocycles. The summed E-state index contributed by atoms with van der Waals surface area (Å²) in [5.74, 6) is 0.397. The van der Waals surface area contributed by atoms with E-state index in [1.807, 2.05) is 92.9 Å². The van der Waals surface area contributed by atoms with Gasteiger partial charge in [0.1, 0.15) is 7.11 Å². The second kappa shape index (κ2) is 24.8. The number of piperidine rings is 2. The van der Waals surface area contributed by atoms with Crippen LogP contribution in [0.15, 0.2) is 103 Å². The molecule has 6 heterocycles. The Balaban J connectivity index is 0.000000234. The van der Waals surface area contributed by atoms with Crippen molar-refractivity contribution in [3.05, 3.63) is 130 Å². The molecule has 4 saturated heterocycles. The molecular weight excluding hydrogens is 850 g/mol. The number of halogens is 2. The monoisotopic (exact) mass is 913 g/mol. The van der Waals surface area contributed by atoms with E-state index in [2.05, 4.69) is 24.9 Å². The zero-order valence-electron chi connectivity index (χ0n) is 35.5. The molecule has 0 bridgehead atoms. The fourth-order valence-electron chi connectivity index (χ4n) is 8.70. The van der Waals surface area contributed by atoms with Crippen LogP contribution >= 0.6 is 23.2 Å². The zero-order chi connectivity index (χ0) is 43.3. The normalized spacial score (nSPS) is 18.0. The summed E-state index contributed by atoms with van der Waals surface area (Å²) < 4.78 is 0. The van der Waals surface area contributed by atoms with E-state index in [1.165, 1.54) is 11.1 Å². The molecule has 2 aromatic heterocycles. The number of piperazine rings is 2. The molecule has 4 aliphatic rings. The summed E-state index contributed by atoms with van der Waals surface area (Å²) in [7, 11) is 1.57. The number of hydrogen-bond acceptors (Lipinski definition) is 9. The molecule has 0 aliphatic carbocycles. The van der Waals surface area contributed by atoms with Gasteiger partial charge in [0.15, 0.2) is 5.78 Å². The van der Waals surface area contributed by atoms with Gasteiger partial charge >= 0.3 is 12.1 Å². The number of carbonyl (C=O) groups excluding carboxylic acids is 3. The van der Waals surface area contributed by atoms with Gasteiger partial charge < -0.3 is 24.4 Å². The van der Waals surface area contributed by atoms with E-state index in [4.69, 9.17) is 28.0 Å². The van der Waals surface area contributed by atoms with Gasteiger partial charge in [-0.1, -0.05) is 55.3 Å². The Kier molecular flexibility index (Phi) is 19.4. The first-order chi connectivity index (χ1) is 30.2. The maximum Gasteiger partial charge on any atom is 0.320 e. The maximum absolute atomic E-state index is 13.1. The zero-order valence-corrected chi connectivity index (χ0v) is 37.0. The molecule has 8 rings (SSSR count). The topological polar surface area (TPSA) is 118 Å². The molecule has 4 fully saturated rings. The third-order valence-electron chi connectivity index (χ3n) is 12.3. The van der Waals surface area contributed by atoms with Gasteiger partial charge in [0.25, 0.3) is 0 Å². The number of benzene rings is 2. The molecule has 0 radical (unpaired) electrons. The molecule has 0 atom stereocenters. The first-order valence-corrected chi connectivity index (χ1v) is 22.5. The minimum atomic E-state index is -0.0209. The van der Waals surface area contributed by atoms with Gasteiger partial charge in [0.05, 0.1) is 5.71 Å². The van der Waals surface area contributed by atoms with Crippen molar-refractivity contribution in [2.24, 2.45) is 17.0 Å². The minimum Gasteiger partial charge on any atom is -0.399 e. The van der Waals surface area contributed by atoms with E-state index >= 15 is 0 Å². The highest BCUT2D eigenvalue weighted by molar-refractivity contribution is 6.31. The van der Waals surface area contributed by atoms with Crippen LogP contribution in [0.5, 0.6) is 0 Å². The summed E-state index contributed by atoms with van der Waals surface area (Å²) in [4.78, 5) is 64.6. The SMILES string of the molecule is C.C.CON=C(c1ccc(Cl)cc1)C1CCN(C(=O)N2CCN(Cc3ccncc3)CC2)CC1.O=C(c1ccc(Cl)cc1)C1CCN(C(=O)N2CCN(Cc3ccncc3)CC2)CC1. The van der Waals surface area contributed by atoms with Crippen LogP contribution in [0.25, 0.3) is 0 Å². The average Bonchev–Trinajstić information content (AvgIpc) is 3.32. The van der Waals surface area contributed by atoms with Crippen molar-refractivity contribution in [2.45, 2.75) is 53.6 Å². The van der Waals surface area contributed by atoms with Crippen LogP contribution < -0.4 is 0 Å². The lowest BCUT2D eigenvalue weighted by molar-refractivity contribution is 0.0794. The Hall–Kier alpha value is -5.08. The minimum absolute atomic E-state index is 0. The predicted octanol–water partition coefficient (Wildman–Crippen LogP) is 8.58. The van der Waals surface area contributed by atoms with Crippen molar-refractivity contribution >= 4 is 46.8 Å². The molecule has 0 unspecified atom stereocenters. The van der Waals surface area contributed by atoms with Gasteiger partial charge in [-0.15, -0.1) is 0 Å². The van der Waals surface area contributed by atoms with Crippen molar-refractivity contribution < 1.29 is 19.2 Å². The molecule has 13 nitrogen and oxygen atoms in total. The van der Waals surface area contributed by atoms with Gasteiger partial charge in [-0.25, -0.2) is 9.59 Å². The number of carbonyl (C=O) groups is 3. The molecule has 64 heavy (non-hydrogen) atoms. The Morgan fingerprint density at radius 3 is 1.28 bits per heavy atom. The summed E-state index contributed by atoms with van der Waals surface area (Å²) in [5.41, 5.74) is 5.16. The first-order valence-electron chi connectivity index (χ1n) is 21.7. The van der Waals surface area contributed by atoms with E-state index in [0.29, 0.717) is 28.7 Å². The van der Waals surface area contributed by atoms with Crippen LogP contribution in [0.1, 0.15) is 67.6 Å².